The Bertz CT molecular complexity index is 4400. The van der Waals surface area contributed by atoms with Crippen LogP contribution < -0.4 is 9.47 Å². The largest absolute Gasteiger partial charge is 0.493 e. The van der Waals surface area contributed by atoms with Crippen molar-refractivity contribution in [1.82, 2.24) is 0 Å². The minimum Gasteiger partial charge on any atom is -0.493 e. The van der Waals surface area contributed by atoms with Crippen LogP contribution in [0.15, 0.2) is 146 Å². The molecule has 6 aromatic carbocycles. The molecule has 0 heterocycles. The Hall–Kier alpha value is -7.16. The van der Waals surface area contributed by atoms with Crippen molar-refractivity contribution in [2.24, 2.45) is 23.7 Å². The highest BCUT2D eigenvalue weighted by molar-refractivity contribution is 5.43. The Balaban J connectivity index is 0.000000206. The molecule has 10 nitrogen and oxygen atoms in total. The monoisotopic (exact) mass is 1590 g/mol. The van der Waals surface area contributed by atoms with E-state index in [2.05, 4.69) is 47.4 Å². The summed E-state index contributed by atoms with van der Waals surface area (Å²) in [6.45, 7) is 12.5. The molecule has 0 spiro atoms. The number of hydrogen-bond donors (Lipinski definition) is 8. The van der Waals surface area contributed by atoms with Crippen LogP contribution in [0.1, 0.15) is 416 Å². The fraction of sp³-hybridized carbons (Fsp3) is 0.585. The van der Waals surface area contributed by atoms with Crippen LogP contribution in [0.2, 0.25) is 0 Å². The van der Waals surface area contributed by atoms with E-state index in [-0.39, 0.29) is 19.3 Å². The van der Waals surface area contributed by atoms with E-state index >= 15 is 0 Å². The van der Waals surface area contributed by atoms with Gasteiger partial charge in [0.05, 0.1) is 53.9 Å². The van der Waals surface area contributed by atoms with Gasteiger partial charge in [-0.1, -0.05) is 290 Å². The van der Waals surface area contributed by atoms with Gasteiger partial charge in [-0.15, -0.1) is 0 Å². The third-order valence-electron chi connectivity index (χ3n) is 22.7. The van der Waals surface area contributed by atoms with Crippen LogP contribution >= 0.6 is 0 Å². The first kappa shape index (κ1) is 82.5. The van der Waals surface area contributed by atoms with E-state index in [0.29, 0.717) is 82.8 Å². The molecule has 12 rings (SSSR count). The molecule has 6 unspecified atom stereocenters. The summed E-state index contributed by atoms with van der Waals surface area (Å²) >= 11 is 0. The van der Waals surface area contributed by atoms with E-state index < -0.39 is 66.9 Å². The normalized spacial score (nSPS) is 20.0. The summed E-state index contributed by atoms with van der Waals surface area (Å²) in [7, 11) is 0. The highest BCUT2D eigenvalue weighted by atomic mass is 16.5. The van der Waals surface area contributed by atoms with E-state index in [1.165, 1.54) is 148 Å². The number of aliphatic hydroxyl groups excluding tert-OH is 5. The maximum Gasteiger partial charge on any atom is 0.125 e. The van der Waals surface area contributed by atoms with Gasteiger partial charge in [0, 0.05) is 42.3 Å². The Morgan fingerprint density at radius 1 is 0.371 bits per heavy atom. The average molecular weight is 1590 g/mol. The minimum absolute atomic E-state index is 0.104. The van der Waals surface area contributed by atoms with Crippen molar-refractivity contribution in [1.29, 1.82) is 0 Å². The van der Waals surface area contributed by atoms with E-state index in [0.717, 1.165) is 123 Å². The van der Waals surface area contributed by atoms with Gasteiger partial charge in [0.1, 0.15) is 22.7 Å². The molecular formula is C106H148O10. The molecule has 0 saturated heterocycles. The van der Waals surface area contributed by atoms with Crippen molar-refractivity contribution >= 4 is 0 Å². The third-order valence-corrected chi connectivity index (χ3v) is 22.7. The molecule has 0 amide bonds. The second-order valence-corrected chi connectivity index (χ2v) is 32.8. The summed E-state index contributed by atoms with van der Waals surface area (Å²) in [5.74, 6) is 28.9. The second-order valence-electron chi connectivity index (χ2n) is 32.8. The van der Waals surface area contributed by atoms with Gasteiger partial charge >= 0.3 is 0 Å². The number of ether oxygens (including phenoxy) is 2. The first-order valence-corrected chi connectivity index (χ1v) is 44.7. The van der Waals surface area contributed by atoms with Gasteiger partial charge in [-0.3, -0.25) is 0 Å². The van der Waals surface area contributed by atoms with Crippen LogP contribution in [0, 0.1) is 71.0 Å². The van der Waals surface area contributed by atoms with E-state index in [1.54, 1.807) is 68.4 Å². The summed E-state index contributed by atoms with van der Waals surface area (Å²) in [5, 5.41) is 81.5. The Labute approximate surface area is 714 Å². The summed E-state index contributed by atoms with van der Waals surface area (Å²) in [5.41, 5.74) is 5.43. The first-order chi connectivity index (χ1) is 59.7. The maximum atomic E-state index is 10.4. The van der Waals surface area contributed by atoms with Crippen LogP contribution in [0.25, 0.3) is 0 Å². The maximum absolute atomic E-state index is 10.4. The van der Waals surface area contributed by atoms with Crippen LogP contribution in [-0.2, 0) is 0 Å². The van der Waals surface area contributed by atoms with Crippen molar-refractivity contribution in [3.63, 3.8) is 0 Å². The molecule has 0 radical (unpaired) electrons. The zero-order chi connectivity index (χ0) is 90.9. The lowest BCUT2D eigenvalue weighted by Gasteiger charge is -2.26. The molecule has 0 bridgehead atoms. The lowest BCUT2D eigenvalue weighted by atomic mass is 9.85. The predicted molar refractivity (Wildman–Crippen MR) is 479 cm³/mol. The van der Waals surface area contributed by atoms with E-state index in [4.69, 9.17) is 21.8 Å². The molecule has 6 fully saturated rings. The lowest BCUT2D eigenvalue weighted by molar-refractivity contribution is 0.0606. The standard InChI is InChI=1S/2C18H24O2.2C18H24O.2C17H26O2/c2*1-2-7-17(19)16-9-6-8-15(14-16)10-13-18(20)11-4-3-5-12-18;2*1-2-7-18(19)17-11-6-10-16(14-17)13-12-15-8-4-3-5-9-15;2*1-2-7-17(18)15-10-6-11-16(12-15)19-13-14-8-4-3-5-9-14/h2*6,8-9,14,17,19-20H,2-5,7,11-12H2,1H3;2*6,10-11,14-15,18-19H,2-5,7-9H2,1H3;2*6,10-12,14,17-18H,2-5,7-9,13H2,1H3/i9D;6D;7D2;2D2;17D;7D2. The van der Waals surface area contributed by atoms with Gasteiger partial charge in [0.15, 0.2) is 0 Å². The molecule has 8 N–H and O–H groups in total. The van der Waals surface area contributed by atoms with Crippen molar-refractivity contribution in [3.05, 3.63) is 201 Å². The van der Waals surface area contributed by atoms with Gasteiger partial charge in [-0.25, -0.2) is 0 Å². The van der Waals surface area contributed by atoms with Crippen molar-refractivity contribution in [2.75, 3.05) is 13.2 Å². The van der Waals surface area contributed by atoms with Crippen LogP contribution in [-0.4, -0.2) is 65.3 Å². The Kier molecular flexibility index (Phi) is 39.5. The molecule has 6 aliphatic rings. The molecule has 0 aliphatic heterocycles. The molecule has 116 heavy (non-hydrogen) atoms. The molecule has 6 aromatic rings. The summed E-state index contributed by atoms with van der Waals surface area (Å²) in [4.78, 5) is 0. The topological polar surface area (TPSA) is 180 Å². The Morgan fingerprint density at radius 3 is 1.17 bits per heavy atom. The summed E-state index contributed by atoms with van der Waals surface area (Å²) in [6, 6.07) is 40.6. The number of rotatable bonds is 24. The van der Waals surface area contributed by atoms with E-state index in [1.807, 2.05) is 99.6 Å². The zero-order valence-electron chi connectivity index (χ0n) is 80.3. The lowest BCUT2D eigenvalue weighted by Crippen LogP contribution is -2.29. The molecular weight excluding hydrogens is 1430 g/mol. The highest BCUT2D eigenvalue weighted by Gasteiger charge is 2.28. The average Bonchev–Trinajstić information content (AvgIpc) is 0.853. The number of benzene rings is 6. The zero-order valence-corrected chi connectivity index (χ0v) is 71.3. The smallest absolute Gasteiger partial charge is 0.125 e. The molecule has 0 aromatic heterocycles. The van der Waals surface area contributed by atoms with Gasteiger partial charge in [-0.2, -0.15) is 0 Å². The number of aliphatic hydroxyl groups is 8. The van der Waals surface area contributed by atoms with Gasteiger partial charge in [0.25, 0.3) is 0 Å². The van der Waals surface area contributed by atoms with Crippen LogP contribution in [0.4, 0.5) is 0 Å². The fourth-order valence-electron chi connectivity index (χ4n) is 15.7. The molecule has 6 saturated carbocycles. The van der Waals surface area contributed by atoms with E-state index in [9.17, 15) is 40.9 Å². The predicted octanol–water partition coefficient (Wildman–Crippen LogP) is 25.0. The highest BCUT2D eigenvalue weighted by Crippen LogP contribution is 2.34. The summed E-state index contributed by atoms with van der Waals surface area (Å²) < 4.78 is 81.9. The third kappa shape index (κ3) is 37.4. The molecule has 6 aliphatic carbocycles. The van der Waals surface area contributed by atoms with Crippen molar-refractivity contribution < 1.29 is 62.7 Å². The molecule has 632 valence electrons. The SMILES string of the molecule is [2H]C(O)(CCC)c1cccc(OCC2CCCCC2)c1.[2H]C([2H])(C)CC(O)c1cccc(C#CC2CCCCC2)c1.[2H]C([2H])(CC)C(O)c1cccc(C#CC2CCCCC2)c1.[2H]C([2H])(CC)C(O)c1cccc(OCC2CCCCC2)c1.[2H]c1cc(C#CC2(O)CCCCC2)cc(C(O)CCC)c1.[2H]c1ccc(C#CC2(O)CCCCC2)cc1C(O)CCC. The second kappa shape index (κ2) is 55.6. The van der Waals surface area contributed by atoms with Gasteiger partial charge < -0.3 is 50.3 Å². The van der Waals surface area contributed by atoms with Crippen molar-refractivity contribution in [3.8, 4) is 58.9 Å². The van der Waals surface area contributed by atoms with Crippen LogP contribution in [0.5, 0.6) is 11.5 Å². The quantitative estimate of drug-likeness (QED) is 0.0272. The minimum atomic E-state index is -1.61. The fourth-order valence-corrected chi connectivity index (χ4v) is 15.7. The van der Waals surface area contributed by atoms with Gasteiger partial charge in [-0.05, 0) is 259 Å². The number of hydrogen-bond acceptors (Lipinski definition) is 10. The summed E-state index contributed by atoms with van der Waals surface area (Å²) in [6.07, 6.45) is 29.6. The molecule has 10 heteroatoms. The first-order valence-electron chi connectivity index (χ1n) is 49.2. The van der Waals surface area contributed by atoms with Crippen molar-refractivity contribution in [2.45, 2.75) is 359 Å². The Morgan fingerprint density at radius 2 is 0.724 bits per heavy atom. The van der Waals surface area contributed by atoms with Gasteiger partial charge in [0.2, 0.25) is 0 Å². The molecule has 6 atom stereocenters. The van der Waals surface area contributed by atoms with Crippen LogP contribution in [0.3, 0.4) is 0 Å².